The summed E-state index contributed by atoms with van der Waals surface area (Å²) in [6.07, 6.45) is 15.0. The van der Waals surface area contributed by atoms with Gasteiger partial charge in [-0.3, -0.25) is 0 Å². The maximum Gasteiger partial charge on any atom is 0.106 e. The van der Waals surface area contributed by atoms with Crippen LogP contribution in [0.1, 0.15) is 12.8 Å². The van der Waals surface area contributed by atoms with Gasteiger partial charge in [-0.2, -0.15) is 0 Å². The van der Waals surface area contributed by atoms with E-state index in [9.17, 15) is 0 Å². The van der Waals surface area contributed by atoms with E-state index in [1.54, 1.807) is 0 Å². The van der Waals surface area contributed by atoms with Crippen LogP contribution < -0.4 is 0 Å². The number of hydrogen-bond acceptors (Lipinski definition) is 3. The van der Waals surface area contributed by atoms with Gasteiger partial charge in [0.1, 0.15) is 20.4 Å². The summed E-state index contributed by atoms with van der Waals surface area (Å²) in [6.45, 7) is 6.00. The summed E-state index contributed by atoms with van der Waals surface area (Å²) < 4.78 is 0. The molecule has 0 radical (unpaired) electrons. The molecule has 0 aromatic carbocycles. The molecule has 0 aromatic heterocycles. The maximum atomic E-state index is 8.00. The predicted octanol–water partition coefficient (Wildman–Crippen LogP) is 1.89. The molecule has 3 nitrogen and oxygen atoms in total. The van der Waals surface area contributed by atoms with Crippen molar-refractivity contribution in [1.29, 1.82) is 0 Å². The summed E-state index contributed by atoms with van der Waals surface area (Å²) in [7, 11) is 0. The van der Waals surface area contributed by atoms with Crippen molar-refractivity contribution < 1.29 is 33.9 Å². The zero-order valence-corrected chi connectivity index (χ0v) is 10.3. The van der Waals surface area contributed by atoms with E-state index in [0.717, 1.165) is 0 Å². The third kappa shape index (κ3) is 32.2. The fourth-order valence-electron chi connectivity index (χ4n) is 0.670. The van der Waals surface area contributed by atoms with Crippen LogP contribution in [-0.2, 0) is 33.9 Å². The van der Waals surface area contributed by atoms with Crippen molar-refractivity contribution in [3.8, 4) is 0 Å². The van der Waals surface area contributed by atoms with E-state index in [2.05, 4.69) is 36.5 Å². The minimum atomic E-state index is 0. The number of rotatable bonds is 0. The Bertz CT molecular complexity index is 156. The molecule has 0 N–H and O–H groups in total. The molecule has 4 heteroatoms. The van der Waals surface area contributed by atoms with Crippen LogP contribution in [0, 0.1) is 0 Å². The first-order valence-electron chi connectivity index (χ1n) is 3.85. The molecular formula is C11H16O3Ru. The van der Waals surface area contributed by atoms with Crippen molar-refractivity contribution in [2.45, 2.75) is 12.8 Å². The summed E-state index contributed by atoms with van der Waals surface area (Å²) >= 11 is 0. The first-order valence-corrected chi connectivity index (χ1v) is 3.85. The molecule has 0 aromatic rings. The first-order chi connectivity index (χ1) is 7.00. The molecule has 0 bridgehead atoms. The van der Waals surface area contributed by atoms with Crippen molar-refractivity contribution in [3.05, 3.63) is 36.5 Å². The number of allylic oxidation sites excluding steroid dienone is 6. The topological polar surface area (TPSA) is 51.2 Å². The molecule has 1 aliphatic carbocycles. The minimum Gasteiger partial charge on any atom is -0.307 e. The Morgan fingerprint density at radius 1 is 0.600 bits per heavy atom. The Morgan fingerprint density at radius 2 is 0.867 bits per heavy atom. The fourth-order valence-corrected chi connectivity index (χ4v) is 0.670. The van der Waals surface area contributed by atoms with Gasteiger partial charge in [0.25, 0.3) is 0 Å². The molecule has 15 heavy (non-hydrogen) atoms. The summed E-state index contributed by atoms with van der Waals surface area (Å²) in [5, 5.41) is 0. The standard InChI is InChI=1S/C8H10.3CH2O.Ru/c1-2-4-6-8-7-5-3-1;3*1-2;/h1-6H,7-8H2;3*1H2;/b2-1?,5-3-,6-4?;;;;. The molecule has 0 amide bonds. The molecule has 0 atom stereocenters. The van der Waals surface area contributed by atoms with Crippen molar-refractivity contribution in [1.82, 2.24) is 0 Å². The van der Waals surface area contributed by atoms with Crippen LogP contribution in [0.15, 0.2) is 36.5 Å². The van der Waals surface area contributed by atoms with E-state index in [1.807, 2.05) is 20.4 Å². The average Bonchev–Trinajstić information content (AvgIpc) is 2.26. The van der Waals surface area contributed by atoms with Gasteiger partial charge in [0.2, 0.25) is 0 Å². The molecular weight excluding hydrogens is 281 g/mol. The van der Waals surface area contributed by atoms with Crippen LogP contribution >= 0.6 is 0 Å². The third-order valence-electron chi connectivity index (χ3n) is 1.11. The summed E-state index contributed by atoms with van der Waals surface area (Å²) in [5.41, 5.74) is 0. The number of carbonyl (C=O) groups excluding carboxylic acids is 3. The summed E-state index contributed by atoms with van der Waals surface area (Å²) in [4.78, 5) is 24.0. The van der Waals surface area contributed by atoms with E-state index in [-0.39, 0.29) is 19.5 Å². The van der Waals surface area contributed by atoms with Crippen molar-refractivity contribution in [3.63, 3.8) is 0 Å². The van der Waals surface area contributed by atoms with E-state index in [4.69, 9.17) is 14.4 Å². The van der Waals surface area contributed by atoms with Crippen LogP contribution in [0.2, 0.25) is 0 Å². The van der Waals surface area contributed by atoms with Gasteiger partial charge in [0, 0.05) is 19.5 Å². The molecule has 0 spiro atoms. The Hall–Kier alpha value is -1.15. The fraction of sp³-hybridized carbons (Fsp3) is 0.182. The van der Waals surface area contributed by atoms with Crippen molar-refractivity contribution in [2.75, 3.05) is 0 Å². The Balaban J connectivity index is -0.0000000755. The van der Waals surface area contributed by atoms with E-state index in [0.29, 0.717) is 0 Å². The van der Waals surface area contributed by atoms with Crippen molar-refractivity contribution >= 4 is 20.4 Å². The first kappa shape index (κ1) is 23.6. The normalized spacial score (nSPS) is 12.5. The molecule has 0 unspecified atom stereocenters. The predicted molar refractivity (Wildman–Crippen MR) is 58.0 cm³/mol. The van der Waals surface area contributed by atoms with Gasteiger partial charge in [0.15, 0.2) is 0 Å². The van der Waals surface area contributed by atoms with Crippen LogP contribution in [0.3, 0.4) is 0 Å². The van der Waals surface area contributed by atoms with Gasteiger partial charge in [0.05, 0.1) is 0 Å². The van der Waals surface area contributed by atoms with Gasteiger partial charge in [-0.15, -0.1) is 0 Å². The van der Waals surface area contributed by atoms with Gasteiger partial charge in [-0.25, -0.2) is 0 Å². The van der Waals surface area contributed by atoms with Gasteiger partial charge in [-0.1, -0.05) is 36.5 Å². The Kier molecular flexibility index (Phi) is 60.4. The van der Waals surface area contributed by atoms with Crippen LogP contribution in [0.5, 0.6) is 0 Å². The van der Waals surface area contributed by atoms with Crippen LogP contribution in [0.4, 0.5) is 0 Å². The zero-order chi connectivity index (χ0) is 11.7. The SMILES string of the molecule is C1=C/C=C\CCC=C1.C=O.C=O.C=O.[Ru]. The minimum absolute atomic E-state index is 0. The third-order valence-corrected chi connectivity index (χ3v) is 1.11. The molecule has 1 rings (SSSR count). The number of hydrogen-bond donors (Lipinski definition) is 0. The molecule has 0 saturated carbocycles. The Morgan fingerprint density at radius 3 is 1.13 bits per heavy atom. The molecule has 0 saturated heterocycles. The molecule has 0 heterocycles. The largest absolute Gasteiger partial charge is 0.307 e. The zero-order valence-electron chi connectivity index (χ0n) is 8.58. The van der Waals surface area contributed by atoms with Crippen molar-refractivity contribution in [2.24, 2.45) is 0 Å². The van der Waals surface area contributed by atoms with E-state index < -0.39 is 0 Å². The molecule has 0 fully saturated rings. The van der Waals surface area contributed by atoms with Gasteiger partial charge < -0.3 is 14.4 Å². The van der Waals surface area contributed by atoms with Gasteiger partial charge in [-0.05, 0) is 12.8 Å². The van der Waals surface area contributed by atoms with Gasteiger partial charge >= 0.3 is 0 Å². The monoisotopic (exact) mass is 298 g/mol. The summed E-state index contributed by atoms with van der Waals surface area (Å²) in [5.74, 6) is 0. The molecule has 1 aliphatic rings. The molecule has 86 valence electrons. The average molecular weight is 297 g/mol. The second kappa shape index (κ2) is 38.4. The maximum absolute atomic E-state index is 8.00. The quantitative estimate of drug-likeness (QED) is 0.642. The summed E-state index contributed by atoms with van der Waals surface area (Å²) in [6, 6.07) is 0. The van der Waals surface area contributed by atoms with E-state index >= 15 is 0 Å². The second-order valence-electron chi connectivity index (χ2n) is 1.82. The van der Waals surface area contributed by atoms with E-state index in [1.165, 1.54) is 12.8 Å². The van der Waals surface area contributed by atoms with Crippen LogP contribution in [-0.4, -0.2) is 20.4 Å². The smallest absolute Gasteiger partial charge is 0.106 e. The second-order valence-corrected chi connectivity index (χ2v) is 1.82. The molecule has 0 aliphatic heterocycles. The van der Waals surface area contributed by atoms with Crippen LogP contribution in [0.25, 0.3) is 0 Å². The number of carbonyl (C=O) groups is 3. The Labute approximate surface area is 104 Å².